The van der Waals surface area contributed by atoms with Crippen LogP contribution in [0.25, 0.3) is 10.9 Å². The monoisotopic (exact) mass is 295 g/mol. The van der Waals surface area contributed by atoms with Crippen LogP contribution in [0.15, 0.2) is 36.5 Å². The molecule has 3 nitrogen and oxygen atoms in total. The zero-order valence-corrected chi connectivity index (χ0v) is 13.2. The van der Waals surface area contributed by atoms with Crippen LogP contribution < -0.4 is 5.32 Å². The molecule has 0 atom stereocenters. The van der Waals surface area contributed by atoms with Gasteiger partial charge in [-0.2, -0.15) is 0 Å². The van der Waals surface area contributed by atoms with Crippen molar-refractivity contribution in [3.8, 4) is 0 Å². The van der Waals surface area contributed by atoms with Crippen LogP contribution >= 0.6 is 0 Å². The third-order valence-corrected chi connectivity index (χ3v) is 5.49. The molecule has 3 heteroatoms. The second-order valence-corrected chi connectivity index (χ2v) is 6.92. The lowest BCUT2D eigenvalue weighted by molar-refractivity contribution is 0.0208. The predicted molar refractivity (Wildman–Crippen MR) is 90.8 cm³/mol. The van der Waals surface area contributed by atoms with Gasteiger partial charge < -0.3 is 5.32 Å². The molecule has 0 radical (unpaired) electrons. The highest BCUT2D eigenvalue weighted by Gasteiger charge is 2.39. The van der Waals surface area contributed by atoms with E-state index in [9.17, 15) is 0 Å². The zero-order valence-electron chi connectivity index (χ0n) is 13.2. The van der Waals surface area contributed by atoms with E-state index < -0.39 is 0 Å². The standard InChI is InChI=1S/C19H25N3/c1-4-8-19(9-5-1)15-20-10-11-22(19)14-16-12-17-6-2-3-7-18(17)21-13-16/h2-3,6-7,12-13,20H,1,4-5,8-11,14-15H2. The minimum atomic E-state index is 0.391. The summed E-state index contributed by atoms with van der Waals surface area (Å²) in [5, 5.41) is 4.89. The van der Waals surface area contributed by atoms with Crippen LogP contribution in [0.4, 0.5) is 0 Å². The lowest BCUT2D eigenvalue weighted by Gasteiger charge is -2.50. The molecule has 1 N–H and O–H groups in total. The Morgan fingerprint density at radius 2 is 2.00 bits per heavy atom. The summed E-state index contributed by atoms with van der Waals surface area (Å²) >= 11 is 0. The van der Waals surface area contributed by atoms with E-state index in [-0.39, 0.29) is 0 Å². The molecule has 1 aliphatic carbocycles. The molecule has 116 valence electrons. The minimum absolute atomic E-state index is 0.391. The fraction of sp³-hybridized carbons (Fsp3) is 0.526. The molecule has 0 amide bonds. The van der Waals surface area contributed by atoms with Gasteiger partial charge in [0.1, 0.15) is 0 Å². The number of nitrogens with one attached hydrogen (secondary N) is 1. The van der Waals surface area contributed by atoms with E-state index in [2.05, 4.69) is 51.7 Å². The lowest BCUT2D eigenvalue weighted by atomic mass is 9.79. The first-order valence-corrected chi connectivity index (χ1v) is 8.65. The fourth-order valence-corrected chi connectivity index (χ4v) is 4.26. The van der Waals surface area contributed by atoms with Gasteiger partial charge in [0.25, 0.3) is 0 Å². The fourth-order valence-electron chi connectivity index (χ4n) is 4.26. The Kier molecular flexibility index (Phi) is 3.85. The summed E-state index contributed by atoms with van der Waals surface area (Å²) in [4.78, 5) is 7.37. The van der Waals surface area contributed by atoms with E-state index in [0.717, 1.165) is 31.7 Å². The van der Waals surface area contributed by atoms with Gasteiger partial charge in [-0.25, -0.2) is 0 Å². The van der Waals surface area contributed by atoms with Gasteiger partial charge in [0, 0.05) is 43.3 Å². The highest BCUT2D eigenvalue weighted by atomic mass is 15.3. The van der Waals surface area contributed by atoms with Crippen LogP contribution in [0.5, 0.6) is 0 Å². The number of hydrogen-bond donors (Lipinski definition) is 1. The summed E-state index contributed by atoms with van der Waals surface area (Å²) < 4.78 is 0. The molecule has 1 saturated heterocycles. The Bertz CT molecular complexity index is 638. The van der Waals surface area contributed by atoms with Gasteiger partial charge in [0.05, 0.1) is 5.52 Å². The number of nitrogens with zero attached hydrogens (tertiary/aromatic N) is 2. The first-order valence-electron chi connectivity index (χ1n) is 8.65. The summed E-state index contributed by atoms with van der Waals surface area (Å²) in [6.07, 6.45) is 8.94. The summed E-state index contributed by atoms with van der Waals surface area (Å²) in [7, 11) is 0. The third-order valence-electron chi connectivity index (χ3n) is 5.49. The Morgan fingerprint density at radius 3 is 2.91 bits per heavy atom. The molecule has 22 heavy (non-hydrogen) atoms. The number of para-hydroxylation sites is 1. The molecule has 2 aliphatic rings. The van der Waals surface area contributed by atoms with Crippen LogP contribution in [0.1, 0.15) is 37.7 Å². The number of pyridine rings is 1. The highest BCUT2D eigenvalue weighted by Crippen LogP contribution is 2.35. The van der Waals surface area contributed by atoms with E-state index in [0.29, 0.717) is 5.54 Å². The van der Waals surface area contributed by atoms with Crippen LogP contribution in [0.3, 0.4) is 0 Å². The second-order valence-electron chi connectivity index (χ2n) is 6.92. The molecule has 2 aromatic rings. The number of hydrogen-bond acceptors (Lipinski definition) is 3. The van der Waals surface area contributed by atoms with Crippen molar-refractivity contribution >= 4 is 10.9 Å². The van der Waals surface area contributed by atoms with Gasteiger partial charge >= 0.3 is 0 Å². The first-order chi connectivity index (χ1) is 10.9. The number of aromatic nitrogens is 1. The van der Waals surface area contributed by atoms with Crippen LogP contribution in [-0.2, 0) is 6.54 Å². The molecule has 1 aromatic carbocycles. The smallest absolute Gasteiger partial charge is 0.0702 e. The van der Waals surface area contributed by atoms with Crippen molar-refractivity contribution < 1.29 is 0 Å². The minimum Gasteiger partial charge on any atom is -0.314 e. The maximum atomic E-state index is 4.64. The molecule has 1 spiro atoms. The van der Waals surface area contributed by atoms with Crippen LogP contribution in [0.2, 0.25) is 0 Å². The number of piperazine rings is 1. The number of rotatable bonds is 2. The summed E-state index contributed by atoms with van der Waals surface area (Å²) in [6.45, 7) is 4.48. The molecule has 1 saturated carbocycles. The maximum absolute atomic E-state index is 4.64. The van der Waals surface area contributed by atoms with E-state index in [1.54, 1.807) is 0 Å². The van der Waals surface area contributed by atoms with Crippen LogP contribution in [-0.4, -0.2) is 35.1 Å². The summed E-state index contributed by atoms with van der Waals surface area (Å²) in [5.74, 6) is 0. The van der Waals surface area contributed by atoms with Gasteiger partial charge in [-0.15, -0.1) is 0 Å². The van der Waals surface area contributed by atoms with E-state index in [1.165, 1.54) is 43.1 Å². The van der Waals surface area contributed by atoms with Crippen molar-refractivity contribution in [2.45, 2.75) is 44.2 Å². The third kappa shape index (κ3) is 2.64. The van der Waals surface area contributed by atoms with Crippen LogP contribution in [0, 0.1) is 0 Å². The molecular formula is C19H25N3. The molecule has 0 unspecified atom stereocenters. The quantitative estimate of drug-likeness (QED) is 0.921. The van der Waals surface area contributed by atoms with Crippen molar-refractivity contribution in [1.82, 2.24) is 15.2 Å². The molecule has 2 heterocycles. The Hall–Kier alpha value is -1.45. The molecule has 0 bridgehead atoms. The summed E-state index contributed by atoms with van der Waals surface area (Å²) in [5.41, 5.74) is 2.84. The molecular weight excluding hydrogens is 270 g/mol. The first kappa shape index (κ1) is 14.2. The van der Waals surface area contributed by atoms with E-state index in [1.807, 2.05) is 0 Å². The molecule has 1 aliphatic heterocycles. The second kappa shape index (κ2) is 5.98. The number of benzene rings is 1. The van der Waals surface area contributed by atoms with E-state index >= 15 is 0 Å². The van der Waals surface area contributed by atoms with Crippen molar-refractivity contribution in [3.63, 3.8) is 0 Å². The van der Waals surface area contributed by atoms with Crippen molar-refractivity contribution in [1.29, 1.82) is 0 Å². The Labute approximate surface area is 132 Å². The molecule has 4 rings (SSSR count). The largest absolute Gasteiger partial charge is 0.314 e. The average molecular weight is 295 g/mol. The molecule has 1 aromatic heterocycles. The maximum Gasteiger partial charge on any atom is 0.0702 e. The van der Waals surface area contributed by atoms with E-state index in [4.69, 9.17) is 0 Å². The average Bonchev–Trinajstić information content (AvgIpc) is 2.58. The van der Waals surface area contributed by atoms with Crippen molar-refractivity contribution in [2.75, 3.05) is 19.6 Å². The van der Waals surface area contributed by atoms with Crippen molar-refractivity contribution in [2.24, 2.45) is 0 Å². The Morgan fingerprint density at radius 1 is 1.14 bits per heavy atom. The summed E-state index contributed by atoms with van der Waals surface area (Å²) in [6, 6.07) is 10.7. The highest BCUT2D eigenvalue weighted by molar-refractivity contribution is 5.78. The lowest BCUT2D eigenvalue weighted by Crippen LogP contribution is -2.61. The normalized spacial score (nSPS) is 22.2. The van der Waals surface area contributed by atoms with Crippen molar-refractivity contribution in [3.05, 3.63) is 42.1 Å². The Balaban J connectivity index is 1.59. The molecule has 2 fully saturated rings. The van der Waals surface area contributed by atoms with Gasteiger partial charge in [0.15, 0.2) is 0 Å². The topological polar surface area (TPSA) is 28.2 Å². The number of fused-ring (bicyclic) bond motifs is 1. The van der Waals surface area contributed by atoms with Gasteiger partial charge in [-0.05, 0) is 30.5 Å². The van der Waals surface area contributed by atoms with Gasteiger partial charge in [-0.3, -0.25) is 9.88 Å². The predicted octanol–water partition coefficient (Wildman–Crippen LogP) is 3.34. The van der Waals surface area contributed by atoms with Gasteiger partial charge in [-0.1, -0.05) is 37.5 Å². The zero-order chi connectivity index (χ0) is 14.8. The SMILES string of the molecule is c1ccc2ncc(CN3CCNCC34CCCCC4)cc2c1. The van der Waals surface area contributed by atoms with Gasteiger partial charge in [0.2, 0.25) is 0 Å².